The third-order valence-corrected chi connectivity index (χ3v) is 5.76. The van der Waals surface area contributed by atoms with E-state index in [1.807, 2.05) is 0 Å². The fraction of sp³-hybridized carbons (Fsp3) is 0.417. The lowest BCUT2D eigenvalue weighted by Crippen LogP contribution is -2.37. The van der Waals surface area contributed by atoms with Crippen molar-refractivity contribution >= 4 is 16.1 Å². The first-order valence-corrected chi connectivity index (χ1v) is 6.97. The van der Waals surface area contributed by atoms with Gasteiger partial charge >= 0.3 is 0 Å². The van der Waals surface area contributed by atoms with E-state index in [1.54, 1.807) is 0 Å². The molecule has 0 aromatic heterocycles. The minimum absolute atomic E-state index is 0.105. The normalized spacial score (nSPS) is 19.1. The molecule has 0 radical (unpaired) electrons. The number of aldehydes is 1. The zero-order valence-corrected chi connectivity index (χ0v) is 10.0. The SMILES string of the molecule is O=CC1(S(=O)(=O)c2cccc(F)c2)CCCC1. The Balaban J connectivity index is 2.52. The van der Waals surface area contributed by atoms with Crippen LogP contribution in [0.1, 0.15) is 25.7 Å². The highest BCUT2D eigenvalue weighted by molar-refractivity contribution is 7.93. The predicted molar refractivity (Wildman–Crippen MR) is 60.8 cm³/mol. The van der Waals surface area contributed by atoms with Gasteiger partial charge in [0.1, 0.15) is 16.9 Å². The molecule has 0 amide bonds. The Kier molecular flexibility index (Phi) is 3.03. The van der Waals surface area contributed by atoms with Crippen molar-refractivity contribution in [3.8, 4) is 0 Å². The minimum Gasteiger partial charge on any atom is -0.302 e. The average molecular weight is 256 g/mol. The molecule has 1 fully saturated rings. The van der Waals surface area contributed by atoms with Crippen LogP contribution < -0.4 is 0 Å². The Morgan fingerprint density at radius 1 is 1.24 bits per heavy atom. The second-order valence-corrected chi connectivity index (χ2v) is 6.64. The predicted octanol–water partition coefficient (Wildman–Crippen LogP) is 2.11. The molecule has 3 nitrogen and oxygen atoms in total. The van der Waals surface area contributed by atoms with E-state index in [9.17, 15) is 17.6 Å². The van der Waals surface area contributed by atoms with Crippen LogP contribution in [0, 0.1) is 5.82 Å². The Morgan fingerprint density at radius 2 is 1.88 bits per heavy atom. The van der Waals surface area contributed by atoms with E-state index in [0.29, 0.717) is 32.0 Å². The van der Waals surface area contributed by atoms with Gasteiger partial charge in [-0.3, -0.25) is 0 Å². The van der Waals surface area contributed by atoms with Crippen LogP contribution in [0.4, 0.5) is 4.39 Å². The maximum absolute atomic E-state index is 13.1. The van der Waals surface area contributed by atoms with Gasteiger partial charge in [-0.1, -0.05) is 18.9 Å². The van der Waals surface area contributed by atoms with Crippen LogP contribution in [0.3, 0.4) is 0 Å². The van der Waals surface area contributed by atoms with E-state index in [1.165, 1.54) is 18.2 Å². The monoisotopic (exact) mass is 256 g/mol. The summed E-state index contributed by atoms with van der Waals surface area (Å²) in [5.41, 5.74) is 0. The van der Waals surface area contributed by atoms with Crippen LogP contribution in [0.15, 0.2) is 29.2 Å². The van der Waals surface area contributed by atoms with Crippen LogP contribution in [0.5, 0.6) is 0 Å². The van der Waals surface area contributed by atoms with Crippen LogP contribution in [0.25, 0.3) is 0 Å². The highest BCUT2D eigenvalue weighted by atomic mass is 32.2. The van der Waals surface area contributed by atoms with Gasteiger partial charge in [-0.05, 0) is 31.0 Å². The maximum atomic E-state index is 13.1. The number of rotatable bonds is 3. The number of benzene rings is 1. The van der Waals surface area contributed by atoms with Crippen molar-refractivity contribution in [1.82, 2.24) is 0 Å². The fourth-order valence-electron chi connectivity index (χ4n) is 2.29. The minimum atomic E-state index is -3.78. The average Bonchev–Trinajstić information content (AvgIpc) is 2.79. The number of hydrogen-bond acceptors (Lipinski definition) is 3. The van der Waals surface area contributed by atoms with E-state index in [2.05, 4.69) is 0 Å². The first kappa shape index (κ1) is 12.2. The molecule has 0 spiro atoms. The number of halogens is 1. The molecule has 0 bridgehead atoms. The van der Waals surface area contributed by atoms with Crippen molar-refractivity contribution in [3.05, 3.63) is 30.1 Å². The van der Waals surface area contributed by atoms with E-state index in [-0.39, 0.29) is 4.90 Å². The summed E-state index contributed by atoms with van der Waals surface area (Å²) in [6.07, 6.45) is 2.60. The number of sulfone groups is 1. The highest BCUT2D eigenvalue weighted by Gasteiger charge is 2.46. The molecule has 0 atom stereocenters. The van der Waals surface area contributed by atoms with Gasteiger partial charge in [0.15, 0.2) is 9.84 Å². The van der Waals surface area contributed by atoms with E-state index < -0.39 is 20.4 Å². The molecule has 1 aliphatic rings. The van der Waals surface area contributed by atoms with Gasteiger partial charge in [0, 0.05) is 0 Å². The molecule has 0 unspecified atom stereocenters. The van der Waals surface area contributed by atoms with Gasteiger partial charge in [-0.15, -0.1) is 0 Å². The smallest absolute Gasteiger partial charge is 0.190 e. The molecular formula is C12H13FO3S. The molecule has 0 saturated heterocycles. The molecule has 92 valence electrons. The zero-order valence-electron chi connectivity index (χ0n) is 9.23. The Labute approximate surface area is 99.6 Å². The second-order valence-electron chi connectivity index (χ2n) is 4.35. The lowest BCUT2D eigenvalue weighted by atomic mass is 10.1. The van der Waals surface area contributed by atoms with Crippen LogP contribution in [-0.4, -0.2) is 19.5 Å². The third-order valence-electron chi connectivity index (χ3n) is 3.31. The molecule has 1 aliphatic carbocycles. The van der Waals surface area contributed by atoms with Crippen molar-refractivity contribution in [1.29, 1.82) is 0 Å². The molecule has 0 heterocycles. The summed E-state index contributed by atoms with van der Waals surface area (Å²) in [6, 6.07) is 4.83. The molecule has 0 N–H and O–H groups in total. The van der Waals surface area contributed by atoms with Gasteiger partial charge in [0.05, 0.1) is 4.90 Å². The lowest BCUT2D eigenvalue weighted by Gasteiger charge is -2.22. The summed E-state index contributed by atoms with van der Waals surface area (Å²) >= 11 is 0. The first-order valence-electron chi connectivity index (χ1n) is 5.48. The zero-order chi connectivity index (χ0) is 12.5. The molecule has 17 heavy (non-hydrogen) atoms. The van der Waals surface area contributed by atoms with Gasteiger partial charge in [-0.2, -0.15) is 0 Å². The Morgan fingerprint density at radius 3 is 2.41 bits per heavy atom. The summed E-state index contributed by atoms with van der Waals surface area (Å²) in [6.45, 7) is 0. The van der Waals surface area contributed by atoms with Crippen molar-refractivity contribution in [2.24, 2.45) is 0 Å². The maximum Gasteiger partial charge on any atom is 0.190 e. The third kappa shape index (κ3) is 1.88. The molecule has 5 heteroatoms. The van der Waals surface area contributed by atoms with Gasteiger partial charge in [0.25, 0.3) is 0 Å². The molecule has 0 aliphatic heterocycles. The largest absolute Gasteiger partial charge is 0.302 e. The molecule has 2 rings (SSSR count). The number of carbonyl (C=O) groups is 1. The van der Waals surface area contributed by atoms with Crippen LogP contribution in [0.2, 0.25) is 0 Å². The van der Waals surface area contributed by atoms with E-state index >= 15 is 0 Å². The summed E-state index contributed by atoms with van der Waals surface area (Å²) in [7, 11) is -3.78. The molecule has 1 aromatic rings. The molecular weight excluding hydrogens is 243 g/mol. The lowest BCUT2D eigenvalue weighted by molar-refractivity contribution is -0.109. The van der Waals surface area contributed by atoms with Gasteiger partial charge in [0.2, 0.25) is 0 Å². The number of carbonyl (C=O) groups excluding carboxylic acids is 1. The van der Waals surface area contributed by atoms with Crippen LogP contribution in [-0.2, 0) is 14.6 Å². The Hall–Kier alpha value is -1.23. The molecule has 1 aromatic carbocycles. The Bertz CT molecular complexity index is 530. The topological polar surface area (TPSA) is 51.2 Å². The second kappa shape index (κ2) is 4.22. The van der Waals surface area contributed by atoms with Crippen molar-refractivity contribution in [2.45, 2.75) is 35.3 Å². The van der Waals surface area contributed by atoms with E-state index in [4.69, 9.17) is 0 Å². The quantitative estimate of drug-likeness (QED) is 0.778. The van der Waals surface area contributed by atoms with E-state index in [0.717, 1.165) is 6.07 Å². The summed E-state index contributed by atoms with van der Waals surface area (Å²) in [5, 5.41) is 0. The summed E-state index contributed by atoms with van der Waals surface area (Å²) < 4.78 is 36.4. The summed E-state index contributed by atoms with van der Waals surface area (Å²) in [4.78, 5) is 11.1. The number of hydrogen-bond donors (Lipinski definition) is 0. The first-order chi connectivity index (χ1) is 8.02. The standard InChI is InChI=1S/C12H13FO3S/c13-10-4-3-5-11(8-10)17(15,16)12(9-14)6-1-2-7-12/h3-5,8-9H,1-2,6-7H2. The van der Waals surface area contributed by atoms with Crippen molar-refractivity contribution in [2.75, 3.05) is 0 Å². The van der Waals surface area contributed by atoms with Gasteiger partial charge < -0.3 is 4.79 Å². The van der Waals surface area contributed by atoms with Crippen LogP contribution >= 0.6 is 0 Å². The fourth-order valence-corrected chi connectivity index (χ4v) is 4.24. The van der Waals surface area contributed by atoms with Crippen molar-refractivity contribution in [3.63, 3.8) is 0 Å². The summed E-state index contributed by atoms with van der Waals surface area (Å²) in [5.74, 6) is -0.606. The van der Waals surface area contributed by atoms with Gasteiger partial charge in [-0.25, -0.2) is 12.8 Å². The van der Waals surface area contributed by atoms with Crippen molar-refractivity contribution < 1.29 is 17.6 Å². The molecule has 1 saturated carbocycles. The highest BCUT2D eigenvalue weighted by Crippen LogP contribution is 2.38.